The number of pyridine rings is 1. The molecule has 0 spiro atoms. The molecule has 1 aromatic carbocycles. The van der Waals surface area contributed by atoms with Crippen LogP contribution in [0.2, 0.25) is 0 Å². The van der Waals surface area contributed by atoms with Crippen LogP contribution in [0.1, 0.15) is 25.7 Å². The molecule has 1 aliphatic carbocycles. The number of thioether (sulfide) groups is 1. The second kappa shape index (κ2) is 6.56. The van der Waals surface area contributed by atoms with Gasteiger partial charge in [-0.1, -0.05) is 6.42 Å². The fraction of sp³-hybridized carbons (Fsp3) is 0.471. The van der Waals surface area contributed by atoms with Crippen molar-refractivity contribution < 1.29 is 4.74 Å². The average molecular weight is 302 g/mol. The Morgan fingerprint density at radius 3 is 3.00 bits per heavy atom. The van der Waals surface area contributed by atoms with Gasteiger partial charge in [0.15, 0.2) is 0 Å². The van der Waals surface area contributed by atoms with Gasteiger partial charge in [-0.05, 0) is 55.2 Å². The molecular weight excluding hydrogens is 280 g/mol. The van der Waals surface area contributed by atoms with Crippen molar-refractivity contribution in [2.75, 3.05) is 18.7 Å². The van der Waals surface area contributed by atoms with Crippen LogP contribution in [0.25, 0.3) is 10.8 Å². The predicted molar refractivity (Wildman–Crippen MR) is 91.5 cm³/mol. The molecule has 1 saturated carbocycles. The van der Waals surface area contributed by atoms with Crippen molar-refractivity contribution in [1.29, 1.82) is 0 Å². The first kappa shape index (κ1) is 14.5. The van der Waals surface area contributed by atoms with E-state index >= 15 is 0 Å². The standard InChI is InChI=1S/C17H22N2OS/c1-20-14-6-7-16-12(10-14)8-9-18-17(16)19-13-4-3-5-15(11-13)21-2/h6-10,13,15H,3-5,11H2,1-2H3,(H,18,19). The van der Waals surface area contributed by atoms with E-state index in [2.05, 4.69) is 28.7 Å². The molecule has 1 aliphatic rings. The lowest BCUT2D eigenvalue weighted by molar-refractivity contribution is 0.415. The van der Waals surface area contributed by atoms with Gasteiger partial charge in [0.25, 0.3) is 0 Å². The van der Waals surface area contributed by atoms with E-state index in [1.807, 2.05) is 30.1 Å². The minimum atomic E-state index is 0.538. The smallest absolute Gasteiger partial charge is 0.134 e. The zero-order chi connectivity index (χ0) is 14.7. The van der Waals surface area contributed by atoms with Crippen molar-refractivity contribution in [2.45, 2.75) is 37.0 Å². The molecule has 1 heterocycles. The molecule has 1 fully saturated rings. The predicted octanol–water partition coefficient (Wildman–Crippen LogP) is 4.33. The number of nitrogens with one attached hydrogen (secondary N) is 1. The summed E-state index contributed by atoms with van der Waals surface area (Å²) < 4.78 is 5.30. The van der Waals surface area contributed by atoms with Crippen LogP contribution in [-0.2, 0) is 0 Å². The Morgan fingerprint density at radius 2 is 2.19 bits per heavy atom. The Hall–Kier alpha value is -1.42. The van der Waals surface area contributed by atoms with Gasteiger partial charge in [-0.2, -0.15) is 11.8 Å². The number of aromatic nitrogens is 1. The van der Waals surface area contributed by atoms with Gasteiger partial charge in [0.2, 0.25) is 0 Å². The van der Waals surface area contributed by atoms with Gasteiger partial charge >= 0.3 is 0 Å². The Morgan fingerprint density at radius 1 is 1.29 bits per heavy atom. The van der Waals surface area contributed by atoms with Gasteiger partial charge in [-0.25, -0.2) is 4.98 Å². The van der Waals surface area contributed by atoms with Gasteiger partial charge in [0, 0.05) is 22.9 Å². The van der Waals surface area contributed by atoms with Gasteiger partial charge < -0.3 is 10.1 Å². The first-order valence-electron chi connectivity index (χ1n) is 7.52. The molecule has 4 heteroatoms. The second-order valence-corrected chi connectivity index (χ2v) is 6.75. The topological polar surface area (TPSA) is 34.1 Å². The highest BCUT2D eigenvalue weighted by Crippen LogP contribution is 2.31. The molecule has 3 nitrogen and oxygen atoms in total. The number of nitrogens with zero attached hydrogens (tertiary/aromatic N) is 1. The van der Waals surface area contributed by atoms with Crippen molar-refractivity contribution in [2.24, 2.45) is 0 Å². The first-order valence-corrected chi connectivity index (χ1v) is 8.81. The van der Waals surface area contributed by atoms with E-state index in [1.54, 1.807) is 7.11 Å². The number of hydrogen-bond acceptors (Lipinski definition) is 4. The molecule has 2 atom stereocenters. The quantitative estimate of drug-likeness (QED) is 0.911. The van der Waals surface area contributed by atoms with E-state index in [4.69, 9.17) is 4.74 Å². The highest BCUT2D eigenvalue weighted by atomic mass is 32.2. The normalized spacial score (nSPS) is 22.2. The van der Waals surface area contributed by atoms with Crippen molar-refractivity contribution in [3.63, 3.8) is 0 Å². The van der Waals surface area contributed by atoms with Crippen LogP contribution in [-0.4, -0.2) is 29.6 Å². The fourth-order valence-corrected chi connectivity index (χ4v) is 3.91. The van der Waals surface area contributed by atoms with Gasteiger partial charge in [-0.3, -0.25) is 0 Å². The molecule has 3 rings (SSSR count). The Balaban J connectivity index is 1.83. The van der Waals surface area contributed by atoms with Crippen molar-refractivity contribution >= 4 is 28.4 Å². The van der Waals surface area contributed by atoms with Crippen LogP contribution < -0.4 is 10.1 Å². The molecule has 112 valence electrons. The number of rotatable bonds is 4. The van der Waals surface area contributed by atoms with Crippen molar-refractivity contribution in [3.05, 3.63) is 30.5 Å². The second-order valence-electron chi connectivity index (χ2n) is 5.61. The van der Waals surface area contributed by atoms with E-state index in [1.165, 1.54) is 36.5 Å². The zero-order valence-electron chi connectivity index (χ0n) is 12.6. The summed E-state index contributed by atoms with van der Waals surface area (Å²) in [5.41, 5.74) is 0. The number of methoxy groups -OCH3 is 1. The maximum Gasteiger partial charge on any atom is 0.134 e. The Kier molecular flexibility index (Phi) is 4.54. The van der Waals surface area contributed by atoms with Crippen LogP contribution in [0.4, 0.5) is 5.82 Å². The maximum atomic E-state index is 5.30. The highest BCUT2D eigenvalue weighted by Gasteiger charge is 2.21. The average Bonchev–Trinajstić information content (AvgIpc) is 2.55. The molecule has 21 heavy (non-hydrogen) atoms. The maximum absolute atomic E-state index is 5.30. The molecule has 2 unspecified atom stereocenters. The summed E-state index contributed by atoms with van der Waals surface area (Å²) in [5.74, 6) is 1.89. The van der Waals surface area contributed by atoms with Gasteiger partial charge in [-0.15, -0.1) is 0 Å². The summed E-state index contributed by atoms with van der Waals surface area (Å²) in [6, 6.07) is 8.73. The molecule has 0 aliphatic heterocycles. The minimum absolute atomic E-state index is 0.538. The van der Waals surface area contributed by atoms with Gasteiger partial charge in [0.1, 0.15) is 11.6 Å². The monoisotopic (exact) mass is 302 g/mol. The van der Waals surface area contributed by atoms with E-state index < -0.39 is 0 Å². The van der Waals surface area contributed by atoms with Crippen LogP contribution in [0, 0.1) is 0 Å². The van der Waals surface area contributed by atoms with E-state index in [0.717, 1.165) is 16.8 Å². The summed E-state index contributed by atoms with van der Waals surface area (Å²) in [5, 5.41) is 6.79. The zero-order valence-corrected chi connectivity index (χ0v) is 13.5. The minimum Gasteiger partial charge on any atom is -0.497 e. The number of anilines is 1. The fourth-order valence-electron chi connectivity index (χ4n) is 3.08. The summed E-state index contributed by atoms with van der Waals surface area (Å²) in [6.45, 7) is 0. The lowest BCUT2D eigenvalue weighted by Gasteiger charge is -2.29. The SMILES string of the molecule is COc1ccc2c(NC3CCCC(SC)C3)nccc2c1. The molecule has 0 saturated heterocycles. The van der Waals surface area contributed by atoms with Crippen molar-refractivity contribution in [1.82, 2.24) is 4.98 Å². The first-order chi connectivity index (χ1) is 10.3. The lowest BCUT2D eigenvalue weighted by atomic mass is 9.95. The lowest BCUT2D eigenvalue weighted by Crippen LogP contribution is -2.28. The largest absolute Gasteiger partial charge is 0.497 e. The Bertz CT molecular complexity index is 617. The molecule has 0 radical (unpaired) electrons. The van der Waals surface area contributed by atoms with Crippen molar-refractivity contribution in [3.8, 4) is 5.75 Å². The van der Waals surface area contributed by atoms with Crippen LogP contribution in [0.15, 0.2) is 30.5 Å². The third-order valence-electron chi connectivity index (χ3n) is 4.27. The molecule has 0 bridgehead atoms. The molecular formula is C17H22N2OS. The Labute approximate surface area is 130 Å². The van der Waals surface area contributed by atoms with Gasteiger partial charge in [0.05, 0.1) is 7.11 Å². The highest BCUT2D eigenvalue weighted by molar-refractivity contribution is 7.99. The molecule has 2 aromatic rings. The third-order valence-corrected chi connectivity index (χ3v) is 5.37. The number of hydrogen-bond donors (Lipinski definition) is 1. The number of benzene rings is 1. The molecule has 0 amide bonds. The number of fused-ring (bicyclic) bond motifs is 1. The van der Waals surface area contributed by atoms with Crippen LogP contribution >= 0.6 is 11.8 Å². The number of ether oxygens (including phenoxy) is 1. The van der Waals surface area contributed by atoms with Crippen LogP contribution in [0.3, 0.4) is 0 Å². The molecule has 1 N–H and O–H groups in total. The molecule has 1 aromatic heterocycles. The third kappa shape index (κ3) is 3.26. The summed E-state index contributed by atoms with van der Waals surface area (Å²) in [7, 11) is 1.70. The van der Waals surface area contributed by atoms with E-state index in [9.17, 15) is 0 Å². The van der Waals surface area contributed by atoms with Crippen LogP contribution in [0.5, 0.6) is 5.75 Å². The van der Waals surface area contributed by atoms with E-state index in [-0.39, 0.29) is 0 Å². The summed E-state index contributed by atoms with van der Waals surface area (Å²) in [4.78, 5) is 4.55. The summed E-state index contributed by atoms with van der Waals surface area (Å²) >= 11 is 1.99. The van der Waals surface area contributed by atoms with E-state index in [0.29, 0.717) is 6.04 Å². The summed E-state index contributed by atoms with van der Waals surface area (Å²) in [6.07, 6.45) is 9.22.